The van der Waals surface area contributed by atoms with Gasteiger partial charge in [-0.3, -0.25) is 4.79 Å². The van der Waals surface area contributed by atoms with Crippen molar-refractivity contribution in [2.75, 3.05) is 12.4 Å². The Labute approximate surface area is 162 Å². The Kier molecular flexibility index (Phi) is 5.75. The molecule has 0 fully saturated rings. The second kappa shape index (κ2) is 8.22. The summed E-state index contributed by atoms with van der Waals surface area (Å²) in [6.45, 7) is 5.79. The fourth-order valence-electron chi connectivity index (χ4n) is 2.52. The molecule has 2 aromatic carbocycles. The number of hydrogen-bond acceptors (Lipinski definition) is 6. The number of amides is 1. The molecular formula is C19H21N5O2S. The molecule has 140 valence electrons. The van der Waals surface area contributed by atoms with E-state index in [1.54, 1.807) is 11.8 Å². The topological polar surface area (TPSA) is 81.9 Å². The minimum Gasteiger partial charge on any atom is -0.494 e. The summed E-state index contributed by atoms with van der Waals surface area (Å²) in [7, 11) is 1.59. The Bertz CT molecular complexity index is 957. The summed E-state index contributed by atoms with van der Waals surface area (Å²) in [5.74, 6) is 0.544. The lowest BCUT2D eigenvalue weighted by Gasteiger charge is -2.14. The van der Waals surface area contributed by atoms with Gasteiger partial charge in [-0.2, -0.15) is 4.68 Å². The molecule has 0 aliphatic carbocycles. The molecule has 1 N–H and O–H groups in total. The number of thioether (sulfide) groups is 1. The van der Waals surface area contributed by atoms with E-state index in [0.29, 0.717) is 10.9 Å². The van der Waals surface area contributed by atoms with Crippen LogP contribution in [0.1, 0.15) is 18.1 Å². The Morgan fingerprint density at radius 2 is 2.00 bits per heavy atom. The van der Waals surface area contributed by atoms with Gasteiger partial charge in [0.25, 0.3) is 0 Å². The first-order valence-electron chi connectivity index (χ1n) is 8.46. The molecule has 1 heterocycles. The number of rotatable bonds is 6. The number of para-hydroxylation sites is 2. The van der Waals surface area contributed by atoms with Crippen molar-refractivity contribution in [3.8, 4) is 11.4 Å². The molecule has 7 nitrogen and oxygen atoms in total. The molecule has 0 aliphatic heterocycles. The molecule has 27 heavy (non-hydrogen) atoms. The predicted octanol–water partition coefficient (Wildman–Crippen LogP) is 3.41. The minimum absolute atomic E-state index is 0.108. The summed E-state index contributed by atoms with van der Waals surface area (Å²) in [4.78, 5) is 12.6. The molecule has 1 atom stereocenters. The van der Waals surface area contributed by atoms with E-state index >= 15 is 0 Å². The lowest BCUT2D eigenvalue weighted by Crippen LogP contribution is -2.23. The van der Waals surface area contributed by atoms with Crippen molar-refractivity contribution < 1.29 is 9.53 Å². The van der Waals surface area contributed by atoms with Crippen molar-refractivity contribution in [1.29, 1.82) is 0 Å². The molecule has 1 aromatic heterocycles. The first-order chi connectivity index (χ1) is 13.0. The number of anilines is 1. The van der Waals surface area contributed by atoms with E-state index in [1.165, 1.54) is 11.8 Å². The number of aromatic nitrogens is 4. The summed E-state index contributed by atoms with van der Waals surface area (Å²) < 4.78 is 6.95. The third kappa shape index (κ3) is 4.28. The first-order valence-corrected chi connectivity index (χ1v) is 9.34. The average molecular weight is 383 g/mol. The minimum atomic E-state index is -0.385. The molecule has 0 saturated heterocycles. The third-order valence-corrected chi connectivity index (χ3v) is 5.09. The summed E-state index contributed by atoms with van der Waals surface area (Å²) >= 11 is 1.29. The highest BCUT2D eigenvalue weighted by Gasteiger charge is 2.21. The average Bonchev–Trinajstić information content (AvgIpc) is 3.12. The molecule has 3 aromatic rings. The number of benzene rings is 2. The predicted molar refractivity (Wildman–Crippen MR) is 106 cm³/mol. The molecule has 0 spiro atoms. The molecule has 3 rings (SSSR count). The monoisotopic (exact) mass is 383 g/mol. The molecule has 1 unspecified atom stereocenters. The smallest absolute Gasteiger partial charge is 0.237 e. The molecule has 8 heteroatoms. The van der Waals surface area contributed by atoms with Gasteiger partial charge >= 0.3 is 0 Å². The molecule has 0 bridgehead atoms. The van der Waals surface area contributed by atoms with Gasteiger partial charge in [-0.1, -0.05) is 36.0 Å². The van der Waals surface area contributed by atoms with E-state index in [-0.39, 0.29) is 11.2 Å². The van der Waals surface area contributed by atoms with E-state index in [9.17, 15) is 4.79 Å². The van der Waals surface area contributed by atoms with Crippen LogP contribution in [0.5, 0.6) is 5.75 Å². The van der Waals surface area contributed by atoms with Crippen LogP contribution in [-0.2, 0) is 4.79 Å². The van der Waals surface area contributed by atoms with Crippen LogP contribution in [0.25, 0.3) is 5.69 Å². The number of methoxy groups -OCH3 is 1. The van der Waals surface area contributed by atoms with E-state index in [1.807, 2.05) is 63.2 Å². The number of nitrogens with zero attached hydrogens (tertiary/aromatic N) is 4. The van der Waals surface area contributed by atoms with Crippen molar-refractivity contribution in [2.24, 2.45) is 0 Å². The lowest BCUT2D eigenvalue weighted by molar-refractivity contribution is -0.115. The van der Waals surface area contributed by atoms with Crippen LogP contribution in [0.3, 0.4) is 0 Å². The Morgan fingerprint density at radius 3 is 2.78 bits per heavy atom. The van der Waals surface area contributed by atoms with Crippen molar-refractivity contribution in [3.05, 3.63) is 53.6 Å². The summed E-state index contributed by atoms with van der Waals surface area (Å²) in [6.07, 6.45) is 0. The zero-order valence-electron chi connectivity index (χ0n) is 15.6. The van der Waals surface area contributed by atoms with Gasteiger partial charge in [-0.25, -0.2) is 0 Å². The first kappa shape index (κ1) is 18.9. The van der Waals surface area contributed by atoms with Crippen molar-refractivity contribution >= 4 is 23.4 Å². The SMILES string of the molecule is COc1ccccc1-n1nnnc1SC(C)C(=O)Nc1cc(C)ccc1C. The highest BCUT2D eigenvalue weighted by molar-refractivity contribution is 8.00. The Hall–Kier alpha value is -2.87. The van der Waals surface area contributed by atoms with Gasteiger partial charge in [0.05, 0.1) is 12.4 Å². The van der Waals surface area contributed by atoms with Gasteiger partial charge in [-0.15, -0.1) is 5.10 Å². The van der Waals surface area contributed by atoms with Crippen molar-refractivity contribution in [2.45, 2.75) is 31.2 Å². The summed E-state index contributed by atoms with van der Waals surface area (Å²) in [5.41, 5.74) is 3.65. The maximum Gasteiger partial charge on any atom is 0.237 e. The number of aryl methyl sites for hydroxylation is 2. The van der Waals surface area contributed by atoms with Crippen LogP contribution in [0.15, 0.2) is 47.6 Å². The van der Waals surface area contributed by atoms with Crippen molar-refractivity contribution in [3.63, 3.8) is 0 Å². The van der Waals surface area contributed by atoms with Crippen LogP contribution in [0, 0.1) is 13.8 Å². The highest BCUT2D eigenvalue weighted by atomic mass is 32.2. The highest BCUT2D eigenvalue weighted by Crippen LogP contribution is 2.28. The third-order valence-electron chi connectivity index (χ3n) is 4.06. The fourth-order valence-corrected chi connectivity index (χ4v) is 3.33. The van der Waals surface area contributed by atoms with Crippen LogP contribution in [0.2, 0.25) is 0 Å². The number of carbonyl (C=O) groups excluding carboxylic acids is 1. The number of hydrogen-bond donors (Lipinski definition) is 1. The molecule has 0 saturated carbocycles. The van der Waals surface area contributed by atoms with Gasteiger partial charge in [0.2, 0.25) is 11.1 Å². The number of carbonyl (C=O) groups is 1. The Balaban J connectivity index is 1.77. The Morgan fingerprint density at radius 1 is 1.22 bits per heavy atom. The summed E-state index contributed by atoms with van der Waals surface area (Å²) in [6, 6.07) is 13.4. The van der Waals surface area contributed by atoms with Gasteiger partial charge in [-0.05, 0) is 60.5 Å². The lowest BCUT2D eigenvalue weighted by atomic mass is 10.1. The molecule has 1 amide bonds. The number of ether oxygens (including phenoxy) is 1. The van der Waals surface area contributed by atoms with E-state index in [0.717, 1.165) is 22.5 Å². The van der Waals surface area contributed by atoms with Crippen LogP contribution >= 0.6 is 11.8 Å². The van der Waals surface area contributed by atoms with Crippen LogP contribution in [-0.4, -0.2) is 38.5 Å². The molecular weight excluding hydrogens is 362 g/mol. The second-order valence-corrected chi connectivity index (χ2v) is 7.42. The number of nitrogens with one attached hydrogen (secondary N) is 1. The van der Waals surface area contributed by atoms with Crippen LogP contribution < -0.4 is 10.1 Å². The van der Waals surface area contributed by atoms with Gasteiger partial charge in [0.1, 0.15) is 11.4 Å². The largest absolute Gasteiger partial charge is 0.494 e. The standard InChI is InChI=1S/C19H21N5O2S/c1-12-9-10-13(2)15(11-12)20-18(25)14(3)27-19-21-22-23-24(19)16-7-5-6-8-17(16)26-4/h5-11,14H,1-4H3,(H,20,25). The van der Waals surface area contributed by atoms with E-state index in [4.69, 9.17) is 4.74 Å². The molecule has 0 aliphatic rings. The zero-order chi connectivity index (χ0) is 19.4. The molecule has 0 radical (unpaired) electrons. The van der Waals surface area contributed by atoms with E-state index in [2.05, 4.69) is 20.8 Å². The van der Waals surface area contributed by atoms with Gasteiger partial charge in [0.15, 0.2) is 0 Å². The normalized spacial score (nSPS) is 11.9. The fraction of sp³-hybridized carbons (Fsp3) is 0.263. The van der Waals surface area contributed by atoms with Crippen molar-refractivity contribution in [1.82, 2.24) is 20.2 Å². The number of tetrazole rings is 1. The zero-order valence-corrected chi connectivity index (χ0v) is 16.4. The maximum atomic E-state index is 12.6. The maximum absolute atomic E-state index is 12.6. The van der Waals surface area contributed by atoms with Gasteiger partial charge in [0, 0.05) is 5.69 Å². The van der Waals surface area contributed by atoms with Gasteiger partial charge < -0.3 is 10.1 Å². The summed E-state index contributed by atoms with van der Waals surface area (Å²) in [5, 5.41) is 15.0. The quantitative estimate of drug-likeness (QED) is 0.657. The van der Waals surface area contributed by atoms with Crippen LogP contribution in [0.4, 0.5) is 5.69 Å². The second-order valence-electron chi connectivity index (χ2n) is 6.11. The van der Waals surface area contributed by atoms with E-state index < -0.39 is 0 Å².